The van der Waals surface area contributed by atoms with Crippen molar-refractivity contribution in [3.8, 4) is 5.75 Å². The molecule has 0 aliphatic carbocycles. The molecule has 11 heteroatoms. The number of nitrogens with zero attached hydrogens (tertiary/aromatic N) is 2. The summed E-state index contributed by atoms with van der Waals surface area (Å²) >= 11 is 0. The van der Waals surface area contributed by atoms with Gasteiger partial charge in [-0.2, -0.15) is 0 Å². The summed E-state index contributed by atoms with van der Waals surface area (Å²) in [5.41, 5.74) is 1.97. The number of likely N-dealkylation sites (tertiary alicyclic amines) is 1. The lowest BCUT2D eigenvalue weighted by molar-refractivity contribution is -0.150. The van der Waals surface area contributed by atoms with Gasteiger partial charge in [0.15, 0.2) is 5.60 Å². The molecule has 3 aromatic carbocycles. The van der Waals surface area contributed by atoms with E-state index in [2.05, 4.69) is 42.8 Å². The fraction of sp³-hybridized carbons (Fsp3) is 0.475. The second kappa shape index (κ2) is 14.2. The van der Waals surface area contributed by atoms with Crippen molar-refractivity contribution in [1.82, 2.24) is 10.2 Å². The van der Waals surface area contributed by atoms with E-state index in [0.717, 1.165) is 60.5 Å². The Morgan fingerprint density at radius 3 is 2.47 bits per heavy atom. The van der Waals surface area contributed by atoms with Crippen molar-refractivity contribution in [1.29, 1.82) is 0 Å². The van der Waals surface area contributed by atoms with Crippen molar-refractivity contribution in [3.63, 3.8) is 0 Å². The van der Waals surface area contributed by atoms with Gasteiger partial charge in [-0.3, -0.25) is 14.4 Å². The van der Waals surface area contributed by atoms with E-state index in [-0.39, 0.29) is 54.3 Å². The highest BCUT2D eigenvalue weighted by Gasteiger charge is 2.66. The van der Waals surface area contributed by atoms with E-state index in [1.165, 1.54) is 5.19 Å². The van der Waals surface area contributed by atoms with Gasteiger partial charge in [-0.15, -0.1) is 0 Å². The first-order valence-electron chi connectivity index (χ1n) is 18.4. The average molecular weight is 711 g/mol. The molecule has 4 aliphatic heterocycles. The van der Waals surface area contributed by atoms with E-state index in [0.29, 0.717) is 13.1 Å². The molecular weight excluding hydrogens is 661 g/mol. The summed E-state index contributed by atoms with van der Waals surface area (Å²) in [6.45, 7) is 8.52. The second-order valence-corrected chi connectivity index (χ2v) is 19.9. The minimum absolute atomic E-state index is 0.0291. The molecule has 6 atom stereocenters. The molecular formula is C40H50N4O6Si. The zero-order valence-electron chi connectivity index (χ0n) is 30.1. The Balaban J connectivity index is 1.20. The van der Waals surface area contributed by atoms with Gasteiger partial charge in [-0.1, -0.05) is 67.7 Å². The molecule has 51 heavy (non-hydrogen) atoms. The summed E-state index contributed by atoms with van der Waals surface area (Å²) in [5.74, 6) is 0.375. The number of benzene rings is 3. The fourth-order valence-corrected chi connectivity index (χ4v) is 13.3. The molecule has 3 fully saturated rings. The smallest absolute Gasteiger partial charge is 0.264 e. The number of aliphatic hydroxyl groups is 1. The Bertz CT molecular complexity index is 1760. The highest BCUT2D eigenvalue weighted by atomic mass is 28.3. The molecule has 3 N–H and O–H groups in total. The van der Waals surface area contributed by atoms with Gasteiger partial charge in [-0.05, 0) is 73.7 Å². The van der Waals surface area contributed by atoms with E-state index in [1.54, 1.807) is 7.11 Å². The maximum Gasteiger partial charge on any atom is 0.264 e. The number of hydrogen-bond acceptors (Lipinski definition) is 7. The third-order valence-electron chi connectivity index (χ3n) is 12.0. The Morgan fingerprint density at radius 1 is 1.04 bits per heavy atom. The maximum absolute atomic E-state index is 15.0. The molecule has 0 radical (unpaired) electrons. The number of hydrogen-bond donors (Lipinski definition) is 3. The molecule has 270 valence electrons. The van der Waals surface area contributed by atoms with Gasteiger partial charge in [0, 0.05) is 23.7 Å². The van der Waals surface area contributed by atoms with Crippen LogP contribution in [0.4, 0.5) is 11.4 Å². The SMILES string of the molecule is COc1ccc([Si](C)(C)[C@@H]2[C@@H](CC(=O)N3CCC[C@H]3CO)O[C@]3(C(=O)N(Cc4ccc(NC(=O)[C@H]5CCCN5)cc4)c4ccccc43)[C@H]2C)cc1. The standard InChI is InChI=1S/C40H50N4O6Si/c1-26-37(51(3,4)31-19-17-30(49-2)18-20-31)35(23-36(46)43-22-8-9-29(43)25-45)50-40(26)32-10-5-6-12-34(32)44(39(40)48)24-27-13-15-28(16-14-27)42-38(47)33-11-7-21-41-33/h5-6,10,12-20,26,29,33,35,37,41,45H,7-9,11,21-25H2,1-4H3,(H,42,47)/t26-,29-,33+,35+,37-,40+/m0/s1. The summed E-state index contributed by atoms with van der Waals surface area (Å²) in [7, 11) is -0.764. The van der Waals surface area contributed by atoms with Crippen LogP contribution < -0.4 is 25.5 Å². The molecule has 3 aromatic rings. The second-order valence-electron chi connectivity index (χ2n) is 15.2. The Morgan fingerprint density at radius 2 is 1.78 bits per heavy atom. The van der Waals surface area contributed by atoms with Gasteiger partial charge >= 0.3 is 0 Å². The number of rotatable bonds is 10. The van der Waals surface area contributed by atoms with Crippen LogP contribution in [0.3, 0.4) is 0 Å². The first-order valence-corrected chi connectivity index (χ1v) is 21.4. The molecule has 0 unspecified atom stereocenters. The molecule has 3 saturated heterocycles. The van der Waals surface area contributed by atoms with Gasteiger partial charge in [-0.25, -0.2) is 0 Å². The first kappa shape index (κ1) is 35.4. The van der Waals surface area contributed by atoms with Gasteiger partial charge in [0.1, 0.15) is 5.75 Å². The third kappa shape index (κ3) is 6.28. The number of nitrogens with one attached hydrogen (secondary N) is 2. The van der Waals surface area contributed by atoms with Crippen molar-refractivity contribution >= 4 is 42.4 Å². The largest absolute Gasteiger partial charge is 0.497 e. The van der Waals surface area contributed by atoms with Crippen molar-refractivity contribution in [2.24, 2.45) is 5.92 Å². The number of methoxy groups -OCH3 is 1. The van der Waals surface area contributed by atoms with Crippen LogP contribution >= 0.6 is 0 Å². The van der Waals surface area contributed by atoms with Gasteiger partial charge in [0.2, 0.25) is 11.8 Å². The number of anilines is 2. The topological polar surface area (TPSA) is 120 Å². The van der Waals surface area contributed by atoms with Crippen molar-refractivity contribution in [2.75, 3.05) is 37.0 Å². The van der Waals surface area contributed by atoms with Crippen molar-refractivity contribution in [2.45, 2.75) is 88.0 Å². The lowest BCUT2D eigenvalue weighted by Gasteiger charge is -2.37. The number of fused-ring (bicyclic) bond motifs is 2. The van der Waals surface area contributed by atoms with Crippen LogP contribution in [0.2, 0.25) is 18.6 Å². The van der Waals surface area contributed by atoms with Crippen LogP contribution in [-0.2, 0) is 31.3 Å². The monoisotopic (exact) mass is 710 g/mol. The van der Waals surface area contributed by atoms with Crippen LogP contribution in [0.5, 0.6) is 5.75 Å². The van der Waals surface area contributed by atoms with Crippen LogP contribution in [0.15, 0.2) is 72.8 Å². The Kier molecular flexibility index (Phi) is 9.83. The number of amides is 3. The van der Waals surface area contributed by atoms with E-state index in [4.69, 9.17) is 9.47 Å². The molecule has 0 aromatic heterocycles. The van der Waals surface area contributed by atoms with Gasteiger partial charge in [0.25, 0.3) is 5.91 Å². The number of carbonyl (C=O) groups excluding carboxylic acids is 3. The lowest BCUT2D eigenvalue weighted by Crippen LogP contribution is -2.52. The van der Waals surface area contributed by atoms with Crippen LogP contribution in [-0.4, -0.2) is 80.8 Å². The summed E-state index contributed by atoms with van der Waals surface area (Å²) in [4.78, 5) is 45.3. The third-order valence-corrected chi connectivity index (χ3v) is 16.3. The van der Waals surface area contributed by atoms with Gasteiger partial charge in [0.05, 0.1) is 58.6 Å². The van der Waals surface area contributed by atoms with Crippen LogP contribution in [0.1, 0.15) is 50.2 Å². The zero-order chi connectivity index (χ0) is 35.9. The predicted octanol–water partition coefficient (Wildman–Crippen LogP) is 4.52. The summed E-state index contributed by atoms with van der Waals surface area (Å²) in [6, 6.07) is 23.4. The quantitative estimate of drug-likeness (QED) is 0.265. The van der Waals surface area contributed by atoms with Crippen molar-refractivity contribution in [3.05, 3.63) is 83.9 Å². The Labute approximate surface area is 301 Å². The molecule has 10 nitrogen and oxygen atoms in total. The summed E-state index contributed by atoms with van der Waals surface area (Å²) < 4.78 is 12.6. The summed E-state index contributed by atoms with van der Waals surface area (Å²) in [6.07, 6.45) is 3.14. The Hall–Kier alpha value is -4.03. The number of para-hydroxylation sites is 1. The minimum atomic E-state index is -2.42. The van der Waals surface area contributed by atoms with Crippen molar-refractivity contribution < 1.29 is 29.0 Å². The molecule has 7 rings (SSSR count). The van der Waals surface area contributed by atoms with Crippen LogP contribution in [0, 0.1) is 5.92 Å². The number of carbonyl (C=O) groups is 3. The highest BCUT2D eigenvalue weighted by Crippen LogP contribution is 2.60. The molecule has 1 spiro atoms. The van der Waals surface area contributed by atoms with E-state index in [9.17, 15) is 14.7 Å². The zero-order valence-corrected chi connectivity index (χ0v) is 31.1. The molecule has 3 amide bonds. The molecule has 4 aliphatic rings. The van der Waals surface area contributed by atoms with Crippen LogP contribution in [0.25, 0.3) is 0 Å². The highest BCUT2D eigenvalue weighted by molar-refractivity contribution is 6.91. The van der Waals surface area contributed by atoms with E-state index < -0.39 is 19.8 Å². The van der Waals surface area contributed by atoms with E-state index >= 15 is 4.79 Å². The summed E-state index contributed by atoms with van der Waals surface area (Å²) in [5, 5.41) is 17.5. The number of aliphatic hydroxyl groups excluding tert-OH is 1. The first-order chi connectivity index (χ1) is 24.6. The molecule has 0 saturated carbocycles. The molecule has 0 bridgehead atoms. The maximum atomic E-state index is 15.0. The number of ether oxygens (including phenoxy) is 2. The molecule has 4 heterocycles. The average Bonchev–Trinajstić information content (AvgIpc) is 3.94. The normalized spacial score (nSPS) is 27.3. The predicted molar refractivity (Wildman–Crippen MR) is 200 cm³/mol. The lowest BCUT2D eigenvalue weighted by atomic mass is 9.82. The van der Waals surface area contributed by atoms with Gasteiger partial charge < -0.3 is 35.0 Å². The fourth-order valence-electron chi connectivity index (χ4n) is 9.28. The minimum Gasteiger partial charge on any atom is -0.497 e. The van der Waals surface area contributed by atoms with E-state index in [1.807, 2.05) is 70.5 Å².